The SMILES string of the molecule is CCCOc1cc(OC)ccc1/C=C1/C(=O)NC(=O)N(c2ccccc2F)C1=O. The lowest BCUT2D eigenvalue weighted by molar-refractivity contribution is -0.122. The molecule has 1 heterocycles. The number of imide groups is 2. The number of para-hydroxylation sites is 1. The molecule has 0 radical (unpaired) electrons. The molecule has 0 atom stereocenters. The number of hydrogen-bond donors (Lipinski definition) is 1. The molecule has 29 heavy (non-hydrogen) atoms. The molecule has 7 nitrogen and oxygen atoms in total. The van der Waals surface area contributed by atoms with Crippen LogP contribution in [0.4, 0.5) is 14.9 Å². The lowest BCUT2D eigenvalue weighted by Gasteiger charge is -2.26. The second-order valence-corrected chi connectivity index (χ2v) is 6.16. The van der Waals surface area contributed by atoms with E-state index in [1.165, 1.54) is 31.4 Å². The molecule has 0 aliphatic carbocycles. The zero-order valence-electron chi connectivity index (χ0n) is 15.9. The van der Waals surface area contributed by atoms with Crippen LogP contribution in [0.2, 0.25) is 0 Å². The largest absolute Gasteiger partial charge is 0.497 e. The minimum Gasteiger partial charge on any atom is -0.497 e. The molecule has 0 saturated carbocycles. The number of carbonyl (C=O) groups is 3. The van der Waals surface area contributed by atoms with Crippen LogP contribution in [0.1, 0.15) is 18.9 Å². The molecule has 0 aromatic heterocycles. The highest BCUT2D eigenvalue weighted by molar-refractivity contribution is 6.39. The Kier molecular flexibility index (Phi) is 5.92. The Morgan fingerprint density at radius 2 is 1.90 bits per heavy atom. The van der Waals surface area contributed by atoms with E-state index in [9.17, 15) is 18.8 Å². The van der Waals surface area contributed by atoms with Crippen molar-refractivity contribution in [2.75, 3.05) is 18.6 Å². The van der Waals surface area contributed by atoms with Gasteiger partial charge in [0.25, 0.3) is 11.8 Å². The maximum Gasteiger partial charge on any atom is 0.336 e. The predicted octanol–water partition coefficient (Wildman–Crippen LogP) is 3.29. The van der Waals surface area contributed by atoms with E-state index in [1.807, 2.05) is 6.92 Å². The molecule has 1 saturated heterocycles. The number of nitrogens with zero attached hydrogens (tertiary/aromatic N) is 1. The smallest absolute Gasteiger partial charge is 0.336 e. The molecule has 2 aromatic rings. The lowest BCUT2D eigenvalue weighted by atomic mass is 10.1. The van der Waals surface area contributed by atoms with Crippen LogP contribution < -0.4 is 19.7 Å². The van der Waals surface area contributed by atoms with Crippen molar-refractivity contribution >= 4 is 29.6 Å². The van der Waals surface area contributed by atoms with Gasteiger partial charge < -0.3 is 9.47 Å². The second-order valence-electron chi connectivity index (χ2n) is 6.16. The fourth-order valence-electron chi connectivity index (χ4n) is 2.76. The molecule has 2 aromatic carbocycles. The molecule has 1 N–H and O–H groups in total. The fraction of sp³-hybridized carbons (Fsp3) is 0.190. The molecule has 4 amide bonds. The number of barbiturate groups is 1. The Morgan fingerprint density at radius 1 is 1.14 bits per heavy atom. The van der Waals surface area contributed by atoms with E-state index < -0.39 is 23.7 Å². The first-order valence-corrected chi connectivity index (χ1v) is 8.93. The Bertz CT molecular complexity index is 1000. The number of rotatable bonds is 6. The third kappa shape index (κ3) is 4.11. The van der Waals surface area contributed by atoms with Gasteiger partial charge in [0, 0.05) is 11.6 Å². The first-order valence-electron chi connectivity index (χ1n) is 8.93. The topological polar surface area (TPSA) is 84.9 Å². The second kappa shape index (κ2) is 8.55. The maximum absolute atomic E-state index is 14.1. The van der Waals surface area contributed by atoms with Crippen molar-refractivity contribution in [1.82, 2.24) is 5.32 Å². The van der Waals surface area contributed by atoms with Gasteiger partial charge in [-0.25, -0.2) is 14.1 Å². The normalized spacial score (nSPS) is 15.5. The Balaban J connectivity index is 2.04. The third-order valence-electron chi connectivity index (χ3n) is 4.18. The van der Waals surface area contributed by atoms with Crippen LogP contribution in [0.15, 0.2) is 48.0 Å². The van der Waals surface area contributed by atoms with Crippen LogP contribution in [0.5, 0.6) is 11.5 Å². The molecule has 0 spiro atoms. The van der Waals surface area contributed by atoms with Crippen molar-refractivity contribution in [2.24, 2.45) is 0 Å². The van der Waals surface area contributed by atoms with E-state index >= 15 is 0 Å². The van der Waals surface area contributed by atoms with Crippen LogP contribution in [0.3, 0.4) is 0 Å². The van der Waals surface area contributed by atoms with Crippen LogP contribution in [-0.2, 0) is 9.59 Å². The average Bonchev–Trinajstić information content (AvgIpc) is 2.71. The van der Waals surface area contributed by atoms with Crippen molar-refractivity contribution < 1.29 is 28.2 Å². The lowest BCUT2D eigenvalue weighted by Crippen LogP contribution is -2.54. The summed E-state index contributed by atoms with van der Waals surface area (Å²) in [6.45, 7) is 2.36. The van der Waals surface area contributed by atoms with Crippen molar-refractivity contribution in [3.05, 3.63) is 59.4 Å². The minimum atomic E-state index is -1.01. The summed E-state index contributed by atoms with van der Waals surface area (Å²) in [4.78, 5) is 38.0. The van der Waals surface area contributed by atoms with Gasteiger partial charge in [-0.2, -0.15) is 0 Å². The Labute approximate surface area is 166 Å². The number of methoxy groups -OCH3 is 1. The van der Waals surface area contributed by atoms with Crippen molar-refractivity contribution in [2.45, 2.75) is 13.3 Å². The molecule has 150 valence electrons. The van der Waals surface area contributed by atoms with Gasteiger partial charge in [-0.1, -0.05) is 19.1 Å². The van der Waals surface area contributed by atoms with E-state index in [4.69, 9.17) is 9.47 Å². The van der Waals surface area contributed by atoms with Gasteiger partial charge >= 0.3 is 6.03 Å². The van der Waals surface area contributed by atoms with Crippen LogP contribution >= 0.6 is 0 Å². The van der Waals surface area contributed by atoms with Gasteiger partial charge in [-0.15, -0.1) is 0 Å². The molecule has 3 rings (SSSR count). The molecule has 0 bridgehead atoms. The van der Waals surface area contributed by atoms with Gasteiger partial charge in [0.05, 0.1) is 19.4 Å². The number of amides is 4. The Morgan fingerprint density at radius 3 is 2.59 bits per heavy atom. The van der Waals surface area contributed by atoms with Crippen LogP contribution in [0, 0.1) is 5.82 Å². The molecule has 1 aliphatic rings. The van der Waals surface area contributed by atoms with Gasteiger partial charge in [0.1, 0.15) is 22.9 Å². The highest BCUT2D eigenvalue weighted by atomic mass is 19.1. The molecule has 1 fully saturated rings. The van der Waals surface area contributed by atoms with Crippen LogP contribution in [-0.4, -0.2) is 31.6 Å². The number of urea groups is 1. The maximum atomic E-state index is 14.1. The summed E-state index contributed by atoms with van der Waals surface area (Å²) >= 11 is 0. The summed E-state index contributed by atoms with van der Waals surface area (Å²) in [5.74, 6) is -1.61. The van der Waals surface area contributed by atoms with Crippen molar-refractivity contribution in [3.8, 4) is 11.5 Å². The van der Waals surface area contributed by atoms with E-state index in [-0.39, 0.29) is 11.3 Å². The van der Waals surface area contributed by atoms with Crippen molar-refractivity contribution in [3.63, 3.8) is 0 Å². The molecule has 1 aliphatic heterocycles. The number of anilines is 1. The van der Waals surface area contributed by atoms with E-state index in [0.29, 0.717) is 28.6 Å². The number of ether oxygens (including phenoxy) is 2. The number of benzene rings is 2. The van der Waals surface area contributed by atoms with Crippen molar-refractivity contribution in [1.29, 1.82) is 0 Å². The van der Waals surface area contributed by atoms with Gasteiger partial charge in [-0.05, 0) is 36.8 Å². The summed E-state index contributed by atoms with van der Waals surface area (Å²) in [5.41, 5.74) is -0.120. The quantitative estimate of drug-likeness (QED) is 0.596. The number of halogens is 1. The summed E-state index contributed by atoms with van der Waals surface area (Å²) in [6.07, 6.45) is 2.06. The summed E-state index contributed by atoms with van der Waals surface area (Å²) in [7, 11) is 1.51. The highest BCUT2D eigenvalue weighted by Gasteiger charge is 2.38. The van der Waals surface area contributed by atoms with E-state index in [0.717, 1.165) is 12.5 Å². The standard InChI is InChI=1S/C21H19FN2O5/c1-3-10-29-18-12-14(28-2)9-8-13(18)11-15-19(25)23-21(27)24(20(15)26)17-7-5-4-6-16(17)22/h4-9,11-12H,3,10H2,1-2H3,(H,23,25,27)/b15-11-. The average molecular weight is 398 g/mol. The zero-order chi connectivity index (χ0) is 21.0. The summed E-state index contributed by atoms with van der Waals surface area (Å²) < 4.78 is 25.0. The van der Waals surface area contributed by atoms with Gasteiger partial charge in [0.2, 0.25) is 0 Å². The summed E-state index contributed by atoms with van der Waals surface area (Å²) in [5, 5.41) is 2.07. The van der Waals surface area contributed by atoms with Crippen LogP contribution in [0.25, 0.3) is 6.08 Å². The van der Waals surface area contributed by atoms with E-state index in [1.54, 1.807) is 18.2 Å². The highest BCUT2D eigenvalue weighted by Crippen LogP contribution is 2.29. The monoisotopic (exact) mass is 398 g/mol. The third-order valence-corrected chi connectivity index (χ3v) is 4.18. The molecular formula is C21H19FN2O5. The molecule has 0 unspecified atom stereocenters. The molecular weight excluding hydrogens is 379 g/mol. The fourth-order valence-corrected chi connectivity index (χ4v) is 2.76. The van der Waals surface area contributed by atoms with Gasteiger partial charge in [0.15, 0.2) is 0 Å². The number of nitrogens with one attached hydrogen (secondary N) is 1. The first kappa shape index (κ1) is 20.1. The molecule has 8 heteroatoms. The predicted molar refractivity (Wildman–Crippen MR) is 104 cm³/mol. The Hall–Kier alpha value is -3.68. The number of hydrogen-bond acceptors (Lipinski definition) is 5. The van der Waals surface area contributed by atoms with Gasteiger partial charge in [-0.3, -0.25) is 14.9 Å². The minimum absolute atomic E-state index is 0.245. The summed E-state index contributed by atoms with van der Waals surface area (Å²) in [6, 6.07) is 9.21. The van der Waals surface area contributed by atoms with E-state index in [2.05, 4.69) is 5.32 Å². The first-order chi connectivity index (χ1) is 14.0. The number of carbonyl (C=O) groups excluding carboxylic acids is 3. The zero-order valence-corrected chi connectivity index (χ0v) is 15.9.